The zero-order valence-corrected chi connectivity index (χ0v) is 15.4. The van der Waals surface area contributed by atoms with Crippen molar-refractivity contribution in [2.75, 3.05) is 10.6 Å². The van der Waals surface area contributed by atoms with Crippen molar-refractivity contribution in [3.05, 3.63) is 53.1 Å². The number of rotatable bonds is 5. The maximum atomic E-state index is 12.6. The molecule has 0 saturated carbocycles. The molecular formula is C19H21ClN2O3. The van der Waals surface area contributed by atoms with E-state index >= 15 is 0 Å². The number of carbonyl (C=O) groups is 2. The van der Waals surface area contributed by atoms with E-state index in [0.29, 0.717) is 22.1 Å². The molecule has 25 heavy (non-hydrogen) atoms. The summed E-state index contributed by atoms with van der Waals surface area (Å²) < 4.78 is 5.77. The van der Waals surface area contributed by atoms with Crippen molar-refractivity contribution in [1.82, 2.24) is 0 Å². The average Bonchev–Trinajstić information content (AvgIpc) is 2.52. The second-order valence-corrected chi connectivity index (χ2v) is 6.67. The highest BCUT2D eigenvalue weighted by Crippen LogP contribution is 2.24. The molecule has 0 unspecified atom stereocenters. The summed E-state index contributed by atoms with van der Waals surface area (Å²) in [7, 11) is 0. The van der Waals surface area contributed by atoms with Crippen LogP contribution in [0.4, 0.5) is 11.4 Å². The van der Waals surface area contributed by atoms with Crippen molar-refractivity contribution in [3.63, 3.8) is 0 Å². The summed E-state index contributed by atoms with van der Waals surface area (Å²) in [5, 5.41) is 6.15. The monoisotopic (exact) mass is 360 g/mol. The van der Waals surface area contributed by atoms with Crippen molar-refractivity contribution in [2.24, 2.45) is 0 Å². The lowest BCUT2D eigenvalue weighted by Crippen LogP contribution is -2.42. The average molecular weight is 361 g/mol. The quantitative estimate of drug-likeness (QED) is 0.830. The smallest absolute Gasteiger partial charge is 0.267 e. The van der Waals surface area contributed by atoms with Gasteiger partial charge in [0.25, 0.3) is 5.91 Å². The van der Waals surface area contributed by atoms with E-state index in [2.05, 4.69) is 10.6 Å². The molecule has 0 aliphatic heterocycles. The van der Waals surface area contributed by atoms with Gasteiger partial charge >= 0.3 is 0 Å². The van der Waals surface area contributed by atoms with E-state index in [1.807, 2.05) is 13.0 Å². The number of aryl methyl sites for hydroxylation is 1. The first-order valence-corrected chi connectivity index (χ1v) is 8.19. The van der Waals surface area contributed by atoms with E-state index in [4.69, 9.17) is 16.3 Å². The second kappa shape index (κ2) is 7.57. The molecule has 6 heteroatoms. The number of benzene rings is 2. The number of hydrogen-bond donors (Lipinski definition) is 2. The zero-order valence-electron chi connectivity index (χ0n) is 14.6. The summed E-state index contributed by atoms with van der Waals surface area (Å²) in [4.78, 5) is 23.8. The van der Waals surface area contributed by atoms with Gasteiger partial charge in [-0.25, -0.2) is 0 Å². The summed E-state index contributed by atoms with van der Waals surface area (Å²) >= 11 is 5.85. The Kier molecular flexibility index (Phi) is 5.69. The molecule has 0 aliphatic rings. The fraction of sp³-hybridized carbons (Fsp3) is 0.263. The number of nitrogens with one attached hydrogen (secondary N) is 2. The summed E-state index contributed by atoms with van der Waals surface area (Å²) in [5.74, 6) is 0.0745. The van der Waals surface area contributed by atoms with Crippen LogP contribution in [0.1, 0.15) is 26.3 Å². The molecule has 0 saturated heterocycles. The number of halogens is 1. The standard InChI is InChI=1S/C19H21ClN2O3/c1-12-5-8-15(11-17(12)21-13(2)23)22-18(24)19(3,4)25-16-9-6-14(20)7-10-16/h5-11H,1-4H3,(H,21,23)(H,22,24). The summed E-state index contributed by atoms with van der Waals surface area (Å²) in [6.45, 7) is 6.68. The third-order valence-corrected chi connectivity index (χ3v) is 3.79. The molecule has 0 bridgehead atoms. The Balaban J connectivity index is 2.12. The molecule has 0 fully saturated rings. The van der Waals surface area contributed by atoms with Crippen LogP contribution in [-0.2, 0) is 9.59 Å². The fourth-order valence-corrected chi connectivity index (χ4v) is 2.28. The third kappa shape index (κ3) is 5.22. The first-order valence-electron chi connectivity index (χ1n) is 7.81. The molecule has 2 N–H and O–H groups in total. The highest BCUT2D eigenvalue weighted by molar-refractivity contribution is 6.30. The van der Waals surface area contributed by atoms with Crippen LogP contribution in [0.2, 0.25) is 5.02 Å². The molecule has 0 aromatic heterocycles. The third-order valence-electron chi connectivity index (χ3n) is 3.54. The minimum absolute atomic E-state index is 0.169. The molecule has 0 spiro atoms. The number of ether oxygens (including phenoxy) is 1. The Morgan fingerprint density at radius 1 is 1.04 bits per heavy atom. The van der Waals surface area contributed by atoms with Gasteiger partial charge < -0.3 is 15.4 Å². The molecule has 132 valence electrons. The molecule has 5 nitrogen and oxygen atoms in total. The predicted octanol–water partition coefficient (Wildman–Crippen LogP) is 4.40. The van der Waals surface area contributed by atoms with Crippen LogP contribution in [0.5, 0.6) is 5.75 Å². The van der Waals surface area contributed by atoms with Gasteiger partial charge in [-0.1, -0.05) is 17.7 Å². The van der Waals surface area contributed by atoms with E-state index < -0.39 is 5.60 Å². The molecule has 0 atom stereocenters. The highest BCUT2D eigenvalue weighted by atomic mass is 35.5. The van der Waals surface area contributed by atoms with Crippen LogP contribution in [0, 0.1) is 6.92 Å². The SMILES string of the molecule is CC(=O)Nc1cc(NC(=O)C(C)(C)Oc2ccc(Cl)cc2)ccc1C. The fourth-order valence-electron chi connectivity index (χ4n) is 2.15. The van der Waals surface area contributed by atoms with E-state index in [9.17, 15) is 9.59 Å². The summed E-state index contributed by atoms with van der Waals surface area (Å²) in [5.41, 5.74) is 1.05. The van der Waals surface area contributed by atoms with Crippen LogP contribution in [-0.4, -0.2) is 17.4 Å². The molecule has 2 amide bonds. The minimum Gasteiger partial charge on any atom is -0.478 e. The van der Waals surface area contributed by atoms with Crippen molar-refractivity contribution in [2.45, 2.75) is 33.3 Å². The number of amides is 2. The molecular weight excluding hydrogens is 340 g/mol. The molecule has 0 aliphatic carbocycles. The van der Waals surface area contributed by atoms with Crippen molar-refractivity contribution in [3.8, 4) is 5.75 Å². The topological polar surface area (TPSA) is 67.4 Å². The first-order chi connectivity index (χ1) is 11.7. The summed E-state index contributed by atoms with van der Waals surface area (Å²) in [6.07, 6.45) is 0. The number of anilines is 2. The van der Waals surface area contributed by atoms with Gasteiger partial charge in [0.1, 0.15) is 5.75 Å². The van der Waals surface area contributed by atoms with Gasteiger partial charge in [0, 0.05) is 23.3 Å². The van der Waals surface area contributed by atoms with Gasteiger partial charge in [0.15, 0.2) is 5.60 Å². The first kappa shape index (κ1) is 18.8. The minimum atomic E-state index is -1.09. The normalized spacial score (nSPS) is 10.9. The van der Waals surface area contributed by atoms with E-state index in [0.717, 1.165) is 5.56 Å². The Morgan fingerprint density at radius 3 is 2.28 bits per heavy atom. The Morgan fingerprint density at radius 2 is 1.68 bits per heavy atom. The van der Waals surface area contributed by atoms with Crippen LogP contribution < -0.4 is 15.4 Å². The Labute approximate surface area is 152 Å². The molecule has 0 heterocycles. The van der Waals surface area contributed by atoms with Crippen LogP contribution in [0.25, 0.3) is 0 Å². The van der Waals surface area contributed by atoms with E-state index in [-0.39, 0.29) is 11.8 Å². The van der Waals surface area contributed by atoms with Gasteiger partial charge in [-0.2, -0.15) is 0 Å². The lowest BCUT2D eigenvalue weighted by atomic mass is 10.1. The highest BCUT2D eigenvalue weighted by Gasteiger charge is 2.30. The van der Waals surface area contributed by atoms with E-state index in [1.54, 1.807) is 50.2 Å². The zero-order chi connectivity index (χ0) is 18.6. The predicted molar refractivity (Wildman–Crippen MR) is 100 cm³/mol. The summed E-state index contributed by atoms with van der Waals surface area (Å²) in [6, 6.07) is 12.1. The maximum absolute atomic E-state index is 12.6. The largest absolute Gasteiger partial charge is 0.478 e. The van der Waals surface area contributed by atoms with Gasteiger partial charge in [0.05, 0.1) is 0 Å². The Hall–Kier alpha value is -2.53. The van der Waals surface area contributed by atoms with Crippen LogP contribution in [0.3, 0.4) is 0 Å². The second-order valence-electron chi connectivity index (χ2n) is 6.23. The van der Waals surface area contributed by atoms with Crippen LogP contribution in [0.15, 0.2) is 42.5 Å². The van der Waals surface area contributed by atoms with Crippen molar-refractivity contribution in [1.29, 1.82) is 0 Å². The van der Waals surface area contributed by atoms with Gasteiger partial charge in [0.2, 0.25) is 5.91 Å². The van der Waals surface area contributed by atoms with Gasteiger partial charge in [-0.05, 0) is 62.7 Å². The number of carbonyl (C=O) groups excluding carboxylic acids is 2. The lowest BCUT2D eigenvalue weighted by molar-refractivity contribution is -0.128. The van der Waals surface area contributed by atoms with Crippen molar-refractivity contribution >= 4 is 34.8 Å². The van der Waals surface area contributed by atoms with Crippen LogP contribution >= 0.6 is 11.6 Å². The molecule has 2 rings (SSSR count). The molecule has 2 aromatic carbocycles. The van der Waals surface area contributed by atoms with Gasteiger partial charge in [-0.15, -0.1) is 0 Å². The lowest BCUT2D eigenvalue weighted by Gasteiger charge is -2.25. The maximum Gasteiger partial charge on any atom is 0.267 e. The molecule has 0 radical (unpaired) electrons. The molecule has 2 aromatic rings. The van der Waals surface area contributed by atoms with E-state index in [1.165, 1.54) is 6.92 Å². The number of hydrogen-bond acceptors (Lipinski definition) is 3. The Bertz CT molecular complexity index is 786. The van der Waals surface area contributed by atoms with Gasteiger partial charge in [-0.3, -0.25) is 9.59 Å². The van der Waals surface area contributed by atoms with Crippen molar-refractivity contribution < 1.29 is 14.3 Å².